The Hall–Kier alpha value is -2.85. The van der Waals surface area contributed by atoms with Gasteiger partial charge < -0.3 is 9.67 Å². The summed E-state index contributed by atoms with van der Waals surface area (Å²) in [6.07, 6.45) is 2.87. The fourth-order valence-electron chi connectivity index (χ4n) is 4.06. The van der Waals surface area contributed by atoms with Crippen molar-refractivity contribution in [2.24, 2.45) is 7.05 Å². The molecule has 2 N–H and O–H groups in total. The van der Waals surface area contributed by atoms with Crippen molar-refractivity contribution in [3.63, 3.8) is 0 Å². The molecule has 5 rings (SSSR count). The number of amides is 1. The zero-order chi connectivity index (χ0) is 20.5. The SMILES string of the molecule is CN1C(C(=O)Nc2nc3c(s2)CCC3)=C(O)c2c(c3ccccc3n2C)S1(=O)=O. The second-order valence-corrected chi connectivity index (χ2v) is 10.1. The van der Waals surface area contributed by atoms with Crippen LogP contribution in [0.4, 0.5) is 5.13 Å². The number of benzene rings is 1. The lowest BCUT2D eigenvalue weighted by Crippen LogP contribution is -2.37. The zero-order valence-electron chi connectivity index (χ0n) is 15.8. The Labute approximate surface area is 171 Å². The van der Waals surface area contributed by atoms with Crippen molar-refractivity contribution >= 4 is 49.1 Å². The fourth-order valence-corrected chi connectivity index (χ4v) is 6.71. The van der Waals surface area contributed by atoms with Crippen molar-refractivity contribution in [2.75, 3.05) is 12.4 Å². The molecule has 1 aromatic carbocycles. The minimum absolute atomic E-state index is 0.000347. The van der Waals surface area contributed by atoms with E-state index >= 15 is 0 Å². The van der Waals surface area contributed by atoms with Gasteiger partial charge in [0.25, 0.3) is 15.9 Å². The first-order chi connectivity index (χ1) is 13.8. The number of nitrogens with one attached hydrogen (secondary N) is 1. The minimum Gasteiger partial charge on any atom is -0.504 e. The van der Waals surface area contributed by atoms with Gasteiger partial charge in [-0.2, -0.15) is 0 Å². The van der Waals surface area contributed by atoms with Gasteiger partial charge in [-0.15, -0.1) is 11.3 Å². The van der Waals surface area contributed by atoms with Crippen LogP contribution in [-0.4, -0.2) is 40.3 Å². The summed E-state index contributed by atoms with van der Waals surface area (Å²) in [5.74, 6) is -1.09. The normalized spacial score (nSPS) is 17.5. The number of nitrogens with zero attached hydrogens (tertiary/aromatic N) is 3. The summed E-state index contributed by atoms with van der Waals surface area (Å²) in [7, 11) is -1.09. The van der Waals surface area contributed by atoms with Crippen LogP contribution in [-0.2, 0) is 34.7 Å². The van der Waals surface area contributed by atoms with Crippen LogP contribution in [0, 0.1) is 0 Å². The van der Waals surface area contributed by atoms with E-state index in [0.29, 0.717) is 16.0 Å². The van der Waals surface area contributed by atoms with Crippen LogP contribution in [0.25, 0.3) is 16.7 Å². The Morgan fingerprint density at radius 2 is 2.00 bits per heavy atom. The molecule has 0 radical (unpaired) electrons. The molecule has 0 unspecified atom stereocenters. The molecule has 3 heterocycles. The fraction of sp³-hybridized carbons (Fsp3) is 0.263. The summed E-state index contributed by atoms with van der Waals surface area (Å²) in [6, 6.07) is 6.99. The molecule has 3 aromatic rings. The largest absolute Gasteiger partial charge is 0.504 e. The number of para-hydroxylation sites is 1. The highest BCUT2D eigenvalue weighted by Crippen LogP contribution is 2.41. The third-order valence-corrected chi connectivity index (χ3v) is 8.38. The molecule has 0 atom stereocenters. The van der Waals surface area contributed by atoms with E-state index in [9.17, 15) is 18.3 Å². The molecule has 0 bridgehead atoms. The maximum atomic E-state index is 13.2. The van der Waals surface area contributed by atoms with Crippen LogP contribution in [0.1, 0.15) is 22.7 Å². The maximum absolute atomic E-state index is 13.2. The first-order valence-corrected chi connectivity index (χ1v) is 11.4. The number of likely N-dealkylation sites (N-methyl/N-ethyl adjacent to an activating group) is 1. The maximum Gasteiger partial charge on any atom is 0.278 e. The molecule has 2 aromatic heterocycles. The molecule has 29 heavy (non-hydrogen) atoms. The van der Waals surface area contributed by atoms with Gasteiger partial charge in [0.15, 0.2) is 16.6 Å². The smallest absolute Gasteiger partial charge is 0.278 e. The average molecular weight is 431 g/mol. The molecule has 1 aliphatic heterocycles. The van der Waals surface area contributed by atoms with Crippen LogP contribution in [0.15, 0.2) is 34.9 Å². The van der Waals surface area contributed by atoms with Gasteiger partial charge in [0, 0.05) is 29.9 Å². The van der Waals surface area contributed by atoms with Crippen molar-refractivity contribution in [1.82, 2.24) is 13.9 Å². The Morgan fingerprint density at radius 1 is 1.24 bits per heavy atom. The molecule has 1 amide bonds. The number of rotatable bonds is 2. The lowest BCUT2D eigenvalue weighted by atomic mass is 10.2. The second-order valence-electron chi connectivity index (χ2n) is 7.12. The van der Waals surface area contributed by atoms with Gasteiger partial charge >= 0.3 is 0 Å². The lowest BCUT2D eigenvalue weighted by Gasteiger charge is -2.27. The molecule has 150 valence electrons. The van der Waals surface area contributed by atoms with Crippen molar-refractivity contribution in [3.8, 4) is 0 Å². The predicted octanol–water partition coefficient (Wildman–Crippen LogP) is 2.62. The van der Waals surface area contributed by atoms with E-state index in [4.69, 9.17) is 0 Å². The average Bonchev–Trinajstić information content (AvgIpc) is 3.33. The van der Waals surface area contributed by atoms with E-state index in [1.54, 1.807) is 35.9 Å². The number of aromatic nitrogens is 2. The van der Waals surface area contributed by atoms with E-state index < -0.39 is 15.9 Å². The molecular weight excluding hydrogens is 412 g/mol. The lowest BCUT2D eigenvalue weighted by molar-refractivity contribution is -0.113. The number of aliphatic hydroxyl groups excluding tert-OH is 1. The van der Waals surface area contributed by atoms with E-state index in [-0.39, 0.29) is 22.0 Å². The Bertz CT molecular complexity index is 1310. The summed E-state index contributed by atoms with van der Waals surface area (Å²) < 4.78 is 28.9. The molecule has 0 fully saturated rings. The first kappa shape index (κ1) is 18.2. The standard InChI is InChI=1S/C19H18N4O4S2/c1-22-12-8-4-3-6-10(12)17-14(22)16(24)15(23(2)29(17,26)27)18(25)21-19-20-11-7-5-9-13(11)28-19/h3-4,6,8,24H,5,7,9H2,1-2H3,(H,20,21,25). The number of fused-ring (bicyclic) bond motifs is 4. The first-order valence-electron chi connectivity index (χ1n) is 9.10. The quantitative estimate of drug-likeness (QED) is 0.650. The monoisotopic (exact) mass is 430 g/mol. The third kappa shape index (κ3) is 2.45. The molecule has 8 nitrogen and oxygen atoms in total. The number of thiazole rings is 1. The Balaban J connectivity index is 1.65. The molecule has 10 heteroatoms. The highest BCUT2D eigenvalue weighted by Gasteiger charge is 2.42. The summed E-state index contributed by atoms with van der Waals surface area (Å²) in [6.45, 7) is 0. The summed E-state index contributed by atoms with van der Waals surface area (Å²) in [5.41, 5.74) is 1.41. The summed E-state index contributed by atoms with van der Waals surface area (Å²) >= 11 is 1.39. The number of anilines is 1. The van der Waals surface area contributed by atoms with Gasteiger partial charge in [0.2, 0.25) is 0 Å². The van der Waals surface area contributed by atoms with Crippen LogP contribution in [0.3, 0.4) is 0 Å². The topological polar surface area (TPSA) is 105 Å². The molecular formula is C19H18N4O4S2. The van der Waals surface area contributed by atoms with Gasteiger partial charge in [-0.1, -0.05) is 18.2 Å². The molecule has 1 aliphatic carbocycles. The number of sulfonamides is 1. The van der Waals surface area contributed by atoms with Gasteiger partial charge in [-0.25, -0.2) is 13.4 Å². The molecule has 0 saturated carbocycles. The minimum atomic E-state index is -4.03. The number of aliphatic hydroxyl groups is 1. The van der Waals surface area contributed by atoms with E-state index in [1.807, 2.05) is 0 Å². The molecule has 0 saturated heterocycles. The number of aryl methyl sites for hydroxylation is 3. The zero-order valence-corrected chi connectivity index (χ0v) is 17.4. The van der Waals surface area contributed by atoms with Gasteiger partial charge in [0.05, 0.1) is 5.69 Å². The predicted molar refractivity (Wildman–Crippen MR) is 110 cm³/mol. The van der Waals surface area contributed by atoms with Crippen molar-refractivity contribution in [1.29, 1.82) is 0 Å². The van der Waals surface area contributed by atoms with Crippen LogP contribution in [0.5, 0.6) is 0 Å². The van der Waals surface area contributed by atoms with Crippen LogP contribution in [0.2, 0.25) is 0 Å². The van der Waals surface area contributed by atoms with Crippen molar-refractivity contribution in [2.45, 2.75) is 24.2 Å². The summed E-state index contributed by atoms with van der Waals surface area (Å²) in [5, 5.41) is 14.5. The third-order valence-electron chi connectivity index (χ3n) is 5.47. The van der Waals surface area contributed by atoms with E-state index in [0.717, 1.165) is 34.1 Å². The summed E-state index contributed by atoms with van der Waals surface area (Å²) in [4.78, 5) is 18.5. The molecule has 2 aliphatic rings. The number of carbonyl (C=O) groups excluding carboxylic acids is 1. The van der Waals surface area contributed by atoms with Gasteiger partial charge in [-0.3, -0.25) is 14.4 Å². The van der Waals surface area contributed by atoms with E-state index in [2.05, 4.69) is 10.3 Å². The van der Waals surface area contributed by atoms with Crippen molar-refractivity contribution in [3.05, 3.63) is 46.2 Å². The van der Waals surface area contributed by atoms with Crippen LogP contribution >= 0.6 is 11.3 Å². The van der Waals surface area contributed by atoms with Gasteiger partial charge in [-0.05, 0) is 25.3 Å². The highest BCUT2D eigenvalue weighted by atomic mass is 32.2. The van der Waals surface area contributed by atoms with Crippen molar-refractivity contribution < 1.29 is 18.3 Å². The molecule has 0 spiro atoms. The van der Waals surface area contributed by atoms with Crippen LogP contribution < -0.4 is 5.32 Å². The second kappa shape index (κ2) is 6.07. The van der Waals surface area contributed by atoms with Gasteiger partial charge in [0.1, 0.15) is 10.6 Å². The van der Waals surface area contributed by atoms with E-state index in [1.165, 1.54) is 18.4 Å². The number of carbonyl (C=O) groups is 1. The highest BCUT2D eigenvalue weighted by molar-refractivity contribution is 7.89. The number of hydrogen-bond acceptors (Lipinski definition) is 6. The Kier molecular flexibility index (Phi) is 3.81. The Morgan fingerprint density at radius 3 is 2.76 bits per heavy atom. The number of hydrogen-bond donors (Lipinski definition) is 2.